The minimum Gasteiger partial charge on any atom is -0.465 e. The van der Waals surface area contributed by atoms with Crippen LogP contribution in [0.25, 0.3) is 0 Å². The molecule has 0 spiro atoms. The van der Waals surface area contributed by atoms with Crippen LogP contribution < -0.4 is 15.0 Å². The number of nitrogens with one attached hydrogen (secondary N) is 1. The molecule has 2 heterocycles. The van der Waals surface area contributed by atoms with Crippen LogP contribution in [-0.4, -0.2) is 23.9 Å². The highest BCUT2D eigenvalue weighted by molar-refractivity contribution is 5.98. The van der Waals surface area contributed by atoms with Crippen LogP contribution in [0.2, 0.25) is 0 Å². The molecule has 0 aromatic heterocycles. The van der Waals surface area contributed by atoms with Crippen LogP contribution in [-0.2, 0) is 0 Å². The zero-order valence-electron chi connectivity index (χ0n) is 13.5. The predicted molar refractivity (Wildman–Crippen MR) is 91.8 cm³/mol. The van der Waals surface area contributed by atoms with Gasteiger partial charge in [0.05, 0.1) is 10.5 Å². The largest absolute Gasteiger partial charge is 0.465 e. The van der Waals surface area contributed by atoms with Crippen LogP contribution in [0.1, 0.15) is 35.0 Å². The molecule has 2 aliphatic heterocycles. The molecule has 0 aliphatic carbocycles. The highest BCUT2D eigenvalue weighted by atomic mass is 16.6. The van der Waals surface area contributed by atoms with Crippen LogP contribution in [0.5, 0.6) is 5.75 Å². The number of nitro benzene ring substituents is 1. The second kappa shape index (κ2) is 6.08. The van der Waals surface area contributed by atoms with E-state index in [4.69, 9.17) is 4.74 Å². The summed E-state index contributed by atoms with van der Waals surface area (Å²) in [6.45, 7) is 1.78. The minimum absolute atomic E-state index is 0.0188. The number of hydrogen-bond donors (Lipinski definition) is 1. The number of non-ortho nitro benzene ring substituents is 1. The van der Waals surface area contributed by atoms with E-state index in [-0.39, 0.29) is 11.6 Å². The third-order valence-electron chi connectivity index (χ3n) is 4.59. The van der Waals surface area contributed by atoms with E-state index in [2.05, 4.69) is 10.2 Å². The molecule has 2 aromatic rings. The van der Waals surface area contributed by atoms with Gasteiger partial charge in [-0.2, -0.15) is 0 Å². The molecule has 7 heteroatoms. The van der Waals surface area contributed by atoms with Gasteiger partial charge in [-0.05, 0) is 31.0 Å². The van der Waals surface area contributed by atoms with Gasteiger partial charge in [-0.1, -0.05) is 12.1 Å². The first-order valence-electron chi connectivity index (χ1n) is 8.23. The summed E-state index contributed by atoms with van der Waals surface area (Å²) in [4.78, 5) is 25.3. The number of nitrogens with zero attached hydrogens (tertiary/aromatic N) is 2. The van der Waals surface area contributed by atoms with Gasteiger partial charge in [-0.3, -0.25) is 14.9 Å². The van der Waals surface area contributed by atoms with Crippen molar-refractivity contribution >= 4 is 17.3 Å². The molecule has 0 unspecified atom stereocenters. The second-order valence-electron chi connectivity index (χ2n) is 6.16. The van der Waals surface area contributed by atoms with E-state index in [1.807, 2.05) is 0 Å². The van der Waals surface area contributed by atoms with E-state index < -0.39 is 11.2 Å². The molecule has 7 nitrogen and oxygen atoms in total. The van der Waals surface area contributed by atoms with Gasteiger partial charge in [-0.15, -0.1) is 0 Å². The molecule has 1 amide bonds. The van der Waals surface area contributed by atoms with Gasteiger partial charge < -0.3 is 15.0 Å². The van der Waals surface area contributed by atoms with E-state index in [0.717, 1.165) is 31.6 Å². The Morgan fingerprint density at radius 2 is 1.92 bits per heavy atom. The Labute approximate surface area is 144 Å². The Kier molecular flexibility index (Phi) is 3.76. The Morgan fingerprint density at radius 3 is 2.68 bits per heavy atom. The third-order valence-corrected chi connectivity index (χ3v) is 4.59. The lowest BCUT2D eigenvalue weighted by Gasteiger charge is -2.30. The lowest BCUT2D eigenvalue weighted by atomic mass is 10.1. The fourth-order valence-corrected chi connectivity index (χ4v) is 3.36. The standard InChI is InChI=1S/C18H17N3O4/c22-17-13-5-1-2-6-16(13)25-18(19-17)14-11-12(21(23)24)7-8-15(14)20-9-3-4-10-20/h1-2,5-8,11,18H,3-4,9-10H2,(H,19,22)/t18-/m1/s1. The lowest BCUT2D eigenvalue weighted by Crippen LogP contribution is -2.37. The lowest BCUT2D eigenvalue weighted by molar-refractivity contribution is -0.385. The monoisotopic (exact) mass is 339 g/mol. The van der Waals surface area contributed by atoms with Gasteiger partial charge in [0.1, 0.15) is 5.75 Å². The summed E-state index contributed by atoms with van der Waals surface area (Å²) in [5.41, 5.74) is 1.92. The summed E-state index contributed by atoms with van der Waals surface area (Å²) < 4.78 is 5.94. The molecule has 0 bridgehead atoms. The van der Waals surface area contributed by atoms with Crippen molar-refractivity contribution in [2.24, 2.45) is 0 Å². The second-order valence-corrected chi connectivity index (χ2v) is 6.16. The van der Waals surface area contributed by atoms with Gasteiger partial charge in [0.25, 0.3) is 11.6 Å². The van der Waals surface area contributed by atoms with Crippen molar-refractivity contribution in [1.82, 2.24) is 5.32 Å². The number of nitro groups is 1. The van der Waals surface area contributed by atoms with Crippen LogP contribution in [0.15, 0.2) is 42.5 Å². The SMILES string of the molecule is O=C1N[C@@H](c2cc([N+](=O)[O-])ccc2N2CCCC2)Oc2ccccc21. The number of para-hydroxylation sites is 1. The van der Waals surface area contributed by atoms with E-state index in [9.17, 15) is 14.9 Å². The highest BCUT2D eigenvalue weighted by Crippen LogP contribution is 2.36. The number of carbonyl (C=O) groups is 1. The zero-order valence-corrected chi connectivity index (χ0v) is 13.5. The first-order chi connectivity index (χ1) is 12.1. The summed E-state index contributed by atoms with van der Waals surface area (Å²) in [5.74, 6) is 0.237. The molecule has 128 valence electrons. The highest BCUT2D eigenvalue weighted by Gasteiger charge is 2.31. The number of amides is 1. The van der Waals surface area contributed by atoms with Gasteiger partial charge in [0.2, 0.25) is 6.23 Å². The average molecular weight is 339 g/mol. The van der Waals surface area contributed by atoms with Gasteiger partial charge in [-0.25, -0.2) is 0 Å². The van der Waals surface area contributed by atoms with Crippen LogP contribution >= 0.6 is 0 Å². The first-order valence-corrected chi connectivity index (χ1v) is 8.23. The molecular weight excluding hydrogens is 322 g/mol. The quantitative estimate of drug-likeness (QED) is 0.686. The first kappa shape index (κ1) is 15.4. The molecule has 0 saturated carbocycles. The number of benzene rings is 2. The maximum atomic E-state index is 12.4. The Bertz CT molecular complexity index is 846. The summed E-state index contributed by atoms with van der Waals surface area (Å²) in [7, 11) is 0. The van der Waals surface area contributed by atoms with Crippen molar-refractivity contribution in [2.45, 2.75) is 19.1 Å². The number of rotatable bonds is 3. The fraction of sp³-hybridized carbons (Fsp3) is 0.278. The fourth-order valence-electron chi connectivity index (χ4n) is 3.36. The molecular formula is C18H17N3O4. The number of anilines is 1. The molecule has 0 radical (unpaired) electrons. The minimum atomic E-state index is -0.752. The topological polar surface area (TPSA) is 84.7 Å². The molecule has 2 aromatic carbocycles. The van der Waals surface area contributed by atoms with Crippen molar-refractivity contribution in [3.05, 3.63) is 63.7 Å². The van der Waals surface area contributed by atoms with E-state index in [0.29, 0.717) is 16.9 Å². The van der Waals surface area contributed by atoms with Crippen LogP contribution in [0.4, 0.5) is 11.4 Å². The van der Waals surface area contributed by atoms with Gasteiger partial charge >= 0.3 is 0 Å². The number of carbonyl (C=O) groups excluding carboxylic acids is 1. The van der Waals surface area contributed by atoms with Crippen molar-refractivity contribution in [3.63, 3.8) is 0 Å². The summed E-state index contributed by atoms with van der Waals surface area (Å²) in [6.07, 6.45) is 1.41. The van der Waals surface area contributed by atoms with Gasteiger partial charge in [0, 0.05) is 36.5 Å². The maximum Gasteiger partial charge on any atom is 0.270 e. The molecule has 25 heavy (non-hydrogen) atoms. The summed E-state index contributed by atoms with van der Waals surface area (Å²) in [5, 5.41) is 14.0. The smallest absolute Gasteiger partial charge is 0.270 e. The molecule has 1 atom stereocenters. The Hall–Kier alpha value is -3.09. The third kappa shape index (κ3) is 2.77. The number of hydrogen-bond acceptors (Lipinski definition) is 5. The Balaban J connectivity index is 1.77. The number of ether oxygens (including phenoxy) is 1. The van der Waals surface area contributed by atoms with Crippen molar-refractivity contribution in [2.75, 3.05) is 18.0 Å². The number of fused-ring (bicyclic) bond motifs is 1. The molecule has 1 fully saturated rings. The average Bonchev–Trinajstić information content (AvgIpc) is 3.15. The maximum absolute atomic E-state index is 12.4. The predicted octanol–water partition coefficient (Wildman–Crippen LogP) is 3.02. The molecule has 1 saturated heterocycles. The van der Waals surface area contributed by atoms with E-state index >= 15 is 0 Å². The molecule has 1 N–H and O–H groups in total. The molecule has 4 rings (SSSR count). The van der Waals surface area contributed by atoms with Crippen molar-refractivity contribution < 1.29 is 14.5 Å². The van der Waals surface area contributed by atoms with Crippen LogP contribution in [0, 0.1) is 10.1 Å². The van der Waals surface area contributed by atoms with Crippen molar-refractivity contribution in [1.29, 1.82) is 0 Å². The normalized spacial score (nSPS) is 19.1. The van der Waals surface area contributed by atoms with Gasteiger partial charge in [0.15, 0.2) is 0 Å². The van der Waals surface area contributed by atoms with E-state index in [1.165, 1.54) is 12.1 Å². The summed E-state index contributed by atoms with van der Waals surface area (Å²) >= 11 is 0. The van der Waals surface area contributed by atoms with E-state index in [1.54, 1.807) is 30.3 Å². The van der Waals surface area contributed by atoms with Crippen molar-refractivity contribution in [3.8, 4) is 5.75 Å². The molecule has 2 aliphatic rings. The summed E-state index contributed by atoms with van der Waals surface area (Å²) in [6, 6.07) is 11.7. The Morgan fingerprint density at radius 1 is 1.16 bits per heavy atom. The van der Waals surface area contributed by atoms with Crippen LogP contribution in [0.3, 0.4) is 0 Å². The zero-order chi connectivity index (χ0) is 17.4.